The third-order valence-electron chi connectivity index (χ3n) is 3.69. The molecule has 0 bridgehead atoms. The number of aliphatic hydroxyl groups excluding tert-OH is 1. The molecule has 0 aliphatic carbocycles. The minimum atomic E-state index is -0.513. The Morgan fingerprint density at radius 3 is 2.76 bits per heavy atom. The second-order valence-electron chi connectivity index (χ2n) is 5.57. The van der Waals surface area contributed by atoms with Crippen molar-refractivity contribution in [2.75, 3.05) is 6.54 Å². The Morgan fingerprint density at radius 2 is 2.00 bits per heavy atom. The van der Waals surface area contributed by atoms with E-state index >= 15 is 0 Å². The molecule has 3 rings (SSSR count). The smallest absolute Gasteiger partial charge is 0.124 e. The van der Waals surface area contributed by atoms with Crippen molar-refractivity contribution in [3.8, 4) is 5.75 Å². The predicted octanol–water partition coefficient (Wildman–Crippen LogP) is 4.31. The molecule has 0 radical (unpaired) electrons. The lowest BCUT2D eigenvalue weighted by atomic mass is 10.2. The van der Waals surface area contributed by atoms with E-state index in [0.717, 1.165) is 26.2 Å². The maximum atomic E-state index is 10.2. The number of benzene rings is 1. The van der Waals surface area contributed by atoms with Crippen LogP contribution in [0.25, 0.3) is 0 Å². The van der Waals surface area contributed by atoms with Crippen molar-refractivity contribution >= 4 is 27.3 Å². The normalized spacial score (nSPS) is 12.1. The number of aromatic nitrogens is 1. The number of rotatable bonds is 8. The van der Waals surface area contributed by atoms with Gasteiger partial charge in [0.25, 0.3) is 0 Å². The zero-order valence-electron chi connectivity index (χ0n) is 13.6. The topological polar surface area (TPSA) is 54.4 Å². The maximum absolute atomic E-state index is 10.2. The quantitative estimate of drug-likeness (QED) is 0.572. The van der Waals surface area contributed by atoms with E-state index in [0.29, 0.717) is 19.7 Å². The number of nitrogens with one attached hydrogen (secondary N) is 1. The minimum absolute atomic E-state index is 0.492. The fourth-order valence-corrected chi connectivity index (χ4v) is 3.81. The molecule has 0 spiro atoms. The molecule has 6 heteroatoms. The van der Waals surface area contributed by atoms with Crippen LogP contribution in [0.3, 0.4) is 0 Å². The minimum Gasteiger partial charge on any atom is -0.489 e. The van der Waals surface area contributed by atoms with E-state index in [4.69, 9.17) is 4.74 Å². The second-order valence-corrected chi connectivity index (χ2v) is 7.42. The zero-order valence-corrected chi connectivity index (χ0v) is 16.0. The van der Waals surface area contributed by atoms with Crippen molar-refractivity contribution in [3.63, 3.8) is 0 Å². The molecule has 2 aromatic heterocycles. The van der Waals surface area contributed by atoms with Crippen molar-refractivity contribution in [1.82, 2.24) is 10.3 Å². The fourth-order valence-electron chi connectivity index (χ4n) is 2.38. The Morgan fingerprint density at radius 1 is 1.20 bits per heavy atom. The van der Waals surface area contributed by atoms with Crippen LogP contribution >= 0.6 is 27.3 Å². The van der Waals surface area contributed by atoms with E-state index in [2.05, 4.69) is 26.2 Å². The third kappa shape index (κ3) is 5.37. The van der Waals surface area contributed by atoms with Crippen LogP contribution in [0.4, 0.5) is 0 Å². The van der Waals surface area contributed by atoms with Crippen molar-refractivity contribution in [2.45, 2.75) is 19.3 Å². The van der Waals surface area contributed by atoms with Crippen LogP contribution in [0.15, 0.2) is 64.7 Å². The highest BCUT2D eigenvalue weighted by Crippen LogP contribution is 2.25. The van der Waals surface area contributed by atoms with Crippen LogP contribution in [-0.2, 0) is 13.2 Å². The van der Waals surface area contributed by atoms with Crippen LogP contribution in [-0.4, -0.2) is 16.6 Å². The van der Waals surface area contributed by atoms with Gasteiger partial charge in [-0.2, -0.15) is 0 Å². The molecule has 0 saturated carbocycles. The number of nitrogens with zero attached hydrogens (tertiary/aromatic N) is 1. The Bertz CT molecular complexity index is 795. The van der Waals surface area contributed by atoms with Crippen LogP contribution in [0.2, 0.25) is 0 Å². The first-order valence-electron chi connectivity index (χ1n) is 7.94. The van der Waals surface area contributed by atoms with Gasteiger partial charge in [0.15, 0.2) is 0 Å². The fraction of sp³-hybridized carbons (Fsp3) is 0.211. The van der Waals surface area contributed by atoms with Gasteiger partial charge in [0.1, 0.15) is 18.5 Å². The summed E-state index contributed by atoms with van der Waals surface area (Å²) in [6, 6.07) is 13.8. The SMILES string of the molecule is OC(CNCc1ccccc1OCc1ccncc1)c1cc(Br)cs1. The molecule has 2 heterocycles. The van der Waals surface area contributed by atoms with Crippen molar-refractivity contribution < 1.29 is 9.84 Å². The summed E-state index contributed by atoms with van der Waals surface area (Å²) in [5.41, 5.74) is 2.15. The summed E-state index contributed by atoms with van der Waals surface area (Å²) >= 11 is 4.96. The Hall–Kier alpha value is -1.73. The van der Waals surface area contributed by atoms with E-state index < -0.39 is 6.10 Å². The summed E-state index contributed by atoms with van der Waals surface area (Å²) in [5, 5.41) is 15.5. The van der Waals surface area contributed by atoms with Crippen LogP contribution < -0.4 is 10.1 Å². The van der Waals surface area contributed by atoms with E-state index in [1.807, 2.05) is 47.8 Å². The van der Waals surface area contributed by atoms with E-state index in [-0.39, 0.29) is 0 Å². The molecular weight excluding hydrogens is 400 g/mol. The number of ether oxygens (including phenoxy) is 1. The number of pyridine rings is 1. The molecule has 4 nitrogen and oxygen atoms in total. The molecule has 130 valence electrons. The standard InChI is InChI=1S/C19H19BrN2O2S/c20-16-9-19(25-13-16)17(23)11-22-10-15-3-1-2-4-18(15)24-12-14-5-7-21-8-6-14/h1-9,13,17,22-23H,10-12H2. The van der Waals surface area contributed by atoms with E-state index in [9.17, 15) is 5.11 Å². The summed E-state index contributed by atoms with van der Waals surface area (Å²) < 4.78 is 6.94. The summed E-state index contributed by atoms with van der Waals surface area (Å²) in [7, 11) is 0. The second kappa shape index (κ2) is 9.10. The van der Waals surface area contributed by atoms with Gasteiger partial charge in [-0.1, -0.05) is 18.2 Å². The molecule has 2 N–H and O–H groups in total. The molecule has 0 amide bonds. The molecule has 25 heavy (non-hydrogen) atoms. The number of para-hydroxylation sites is 1. The average molecular weight is 419 g/mol. The molecule has 1 unspecified atom stereocenters. The lowest BCUT2D eigenvalue weighted by molar-refractivity contribution is 0.178. The zero-order chi connectivity index (χ0) is 17.5. The number of aliphatic hydroxyl groups is 1. The summed E-state index contributed by atoms with van der Waals surface area (Å²) in [5.74, 6) is 0.847. The average Bonchev–Trinajstić information content (AvgIpc) is 3.08. The van der Waals surface area contributed by atoms with Crippen molar-refractivity contribution in [1.29, 1.82) is 0 Å². The molecule has 1 atom stereocenters. The van der Waals surface area contributed by atoms with Gasteiger partial charge < -0.3 is 15.2 Å². The summed E-state index contributed by atoms with van der Waals surface area (Å²) in [6.45, 7) is 1.63. The van der Waals surface area contributed by atoms with Gasteiger partial charge in [0, 0.05) is 45.8 Å². The Labute approximate surface area is 159 Å². The monoisotopic (exact) mass is 418 g/mol. The third-order valence-corrected chi connectivity index (χ3v) is 5.48. The van der Waals surface area contributed by atoms with Gasteiger partial charge in [-0.15, -0.1) is 11.3 Å². The van der Waals surface area contributed by atoms with Gasteiger partial charge in [0.05, 0.1) is 0 Å². The molecule has 0 fully saturated rings. The van der Waals surface area contributed by atoms with Crippen molar-refractivity contribution in [3.05, 3.63) is 80.7 Å². The molecule has 0 aliphatic rings. The van der Waals surface area contributed by atoms with Gasteiger partial charge in [0.2, 0.25) is 0 Å². The van der Waals surface area contributed by atoms with Crippen LogP contribution in [0, 0.1) is 0 Å². The number of halogens is 1. The highest BCUT2D eigenvalue weighted by molar-refractivity contribution is 9.10. The molecule has 1 aromatic carbocycles. The molecule has 0 saturated heterocycles. The van der Waals surface area contributed by atoms with E-state index in [1.54, 1.807) is 23.7 Å². The number of thiophene rings is 1. The molecule has 3 aromatic rings. The largest absolute Gasteiger partial charge is 0.489 e. The molecule has 0 aliphatic heterocycles. The lowest BCUT2D eigenvalue weighted by Gasteiger charge is -2.14. The highest BCUT2D eigenvalue weighted by atomic mass is 79.9. The number of hydrogen-bond donors (Lipinski definition) is 2. The summed E-state index contributed by atoms with van der Waals surface area (Å²) in [4.78, 5) is 4.96. The maximum Gasteiger partial charge on any atom is 0.124 e. The van der Waals surface area contributed by atoms with Crippen LogP contribution in [0.5, 0.6) is 5.75 Å². The molecular formula is C19H19BrN2O2S. The predicted molar refractivity (Wildman–Crippen MR) is 104 cm³/mol. The van der Waals surface area contributed by atoms with E-state index in [1.165, 1.54) is 0 Å². The van der Waals surface area contributed by atoms with Crippen molar-refractivity contribution in [2.24, 2.45) is 0 Å². The first-order chi connectivity index (χ1) is 12.2. The van der Waals surface area contributed by atoms with Gasteiger partial charge in [-0.25, -0.2) is 0 Å². The van der Waals surface area contributed by atoms with Gasteiger partial charge in [-0.05, 0) is 45.8 Å². The first-order valence-corrected chi connectivity index (χ1v) is 9.62. The first kappa shape index (κ1) is 18.1. The Kier molecular flexibility index (Phi) is 6.58. The van der Waals surface area contributed by atoms with Crippen LogP contribution in [0.1, 0.15) is 22.1 Å². The highest BCUT2D eigenvalue weighted by Gasteiger charge is 2.10. The Balaban J connectivity index is 1.54. The van der Waals surface area contributed by atoms with Gasteiger partial charge in [-0.3, -0.25) is 4.98 Å². The number of hydrogen-bond acceptors (Lipinski definition) is 5. The lowest BCUT2D eigenvalue weighted by Crippen LogP contribution is -2.20. The van der Waals surface area contributed by atoms with Gasteiger partial charge >= 0.3 is 0 Å². The summed E-state index contributed by atoms with van der Waals surface area (Å²) in [6.07, 6.45) is 3.01.